The minimum Gasteiger partial charge on any atom is -0.396 e. The number of anilines is 2. The fraction of sp³-hybridized carbons (Fsp3) is 0. The van der Waals surface area contributed by atoms with Crippen molar-refractivity contribution in [1.29, 1.82) is 0 Å². The van der Waals surface area contributed by atoms with Crippen LogP contribution in [0.5, 0.6) is 0 Å². The minimum atomic E-state index is -4.02. The van der Waals surface area contributed by atoms with Gasteiger partial charge in [0.05, 0.1) is 25.9 Å². The monoisotopic (exact) mass is 412 g/mol. The molecule has 0 atom stereocenters. The molecule has 0 spiro atoms. The Bertz CT molecular complexity index is 815. The molecule has 0 aromatic heterocycles. The lowest BCUT2D eigenvalue weighted by Crippen LogP contribution is -2.14. The minimum absolute atomic E-state index is 0.0387. The van der Waals surface area contributed by atoms with Crippen LogP contribution in [0.25, 0.3) is 0 Å². The number of nitrogens with two attached hydrogens (primary N) is 1. The van der Waals surface area contributed by atoms with Crippen molar-refractivity contribution in [2.75, 3.05) is 10.5 Å². The van der Waals surface area contributed by atoms with Crippen molar-refractivity contribution >= 4 is 60.5 Å². The van der Waals surface area contributed by atoms with Crippen LogP contribution in [0.4, 0.5) is 15.8 Å². The molecule has 112 valence electrons. The number of sulfonamides is 1. The maximum Gasteiger partial charge on any atom is 0.263 e. The van der Waals surface area contributed by atoms with Gasteiger partial charge in [-0.15, -0.1) is 0 Å². The van der Waals surface area contributed by atoms with E-state index in [-0.39, 0.29) is 30.8 Å². The number of nitrogen functional groups attached to an aromatic ring is 1. The number of hydrogen-bond acceptors (Lipinski definition) is 3. The van der Waals surface area contributed by atoms with Gasteiger partial charge in [0.2, 0.25) is 0 Å². The van der Waals surface area contributed by atoms with Crippen molar-refractivity contribution in [1.82, 2.24) is 0 Å². The van der Waals surface area contributed by atoms with Gasteiger partial charge in [-0.1, -0.05) is 23.2 Å². The molecule has 0 fully saturated rings. The zero-order chi connectivity index (χ0) is 15.8. The van der Waals surface area contributed by atoms with Crippen LogP contribution in [0.2, 0.25) is 10.0 Å². The first kappa shape index (κ1) is 16.4. The zero-order valence-electron chi connectivity index (χ0n) is 10.2. The standard InChI is InChI=1S/C12H8BrCl2FN2O2S/c13-7-2-1-6(5-9(7)16)18-21(19,20)10-4-3-8(14)12(17)11(10)15/h1-5,18H,17H2. The van der Waals surface area contributed by atoms with Crippen LogP contribution in [-0.4, -0.2) is 8.42 Å². The second-order valence-corrected chi connectivity index (χ2v) is 7.30. The largest absolute Gasteiger partial charge is 0.396 e. The van der Waals surface area contributed by atoms with E-state index in [1.54, 1.807) is 0 Å². The molecule has 0 aliphatic carbocycles. The van der Waals surface area contributed by atoms with Crippen LogP contribution >= 0.6 is 39.1 Å². The van der Waals surface area contributed by atoms with Gasteiger partial charge in [-0.05, 0) is 46.3 Å². The summed E-state index contributed by atoms with van der Waals surface area (Å²) in [6.45, 7) is 0. The second-order valence-electron chi connectivity index (χ2n) is 4.01. The van der Waals surface area contributed by atoms with Crippen molar-refractivity contribution < 1.29 is 12.8 Å². The van der Waals surface area contributed by atoms with Gasteiger partial charge < -0.3 is 5.73 Å². The third-order valence-corrected chi connectivity index (χ3v) is 5.47. The highest BCUT2D eigenvalue weighted by Crippen LogP contribution is 2.34. The first-order valence-electron chi connectivity index (χ1n) is 5.43. The van der Waals surface area contributed by atoms with Gasteiger partial charge in [0.25, 0.3) is 10.0 Å². The molecule has 3 N–H and O–H groups in total. The first-order valence-corrected chi connectivity index (χ1v) is 8.47. The maximum atomic E-state index is 13.4. The summed E-state index contributed by atoms with van der Waals surface area (Å²) >= 11 is 14.6. The van der Waals surface area contributed by atoms with Crippen molar-refractivity contribution in [3.63, 3.8) is 0 Å². The lowest BCUT2D eigenvalue weighted by molar-refractivity contribution is 0.601. The van der Waals surface area contributed by atoms with Gasteiger partial charge >= 0.3 is 0 Å². The molecule has 0 aliphatic rings. The highest BCUT2D eigenvalue weighted by molar-refractivity contribution is 9.10. The van der Waals surface area contributed by atoms with E-state index in [1.165, 1.54) is 24.3 Å². The Labute approximate surface area is 139 Å². The number of nitrogens with one attached hydrogen (secondary N) is 1. The molecule has 2 rings (SSSR count). The Morgan fingerprint density at radius 3 is 2.48 bits per heavy atom. The molecule has 0 radical (unpaired) electrons. The molecule has 0 aliphatic heterocycles. The summed E-state index contributed by atoms with van der Waals surface area (Å²) in [6, 6.07) is 6.36. The molecule has 0 amide bonds. The van der Waals surface area contributed by atoms with Crippen LogP contribution in [-0.2, 0) is 10.0 Å². The van der Waals surface area contributed by atoms with E-state index >= 15 is 0 Å². The predicted octanol–water partition coefficient (Wildman–Crippen LogP) is 4.28. The van der Waals surface area contributed by atoms with Gasteiger partial charge in [0.15, 0.2) is 0 Å². The van der Waals surface area contributed by atoms with E-state index in [0.717, 1.165) is 6.07 Å². The topological polar surface area (TPSA) is 72.2 Å². The molecule has 21 heavy (non-hydrogen) atoms. The number of hydrogen-bond donors (Lipinski definition) is 2. The molecule has 0 heterocycles. The fourth-order valence-corrected chi connectivity index (χ4v) is 3.59. The molecule has 2 aromatic carbocycles. The SMILES string of the molecule is Nc1c(Cl)ccc(S(=O)(=O)Nc2ccc(Br)c(F)c2)c1Cl. The zero-order valence-corrected chi connectivity index (χ0v) is 14.1. The number of rotatable bonds is 3. The Hall–Kier alpha value is -1.02. The molecular formula is C12H8BrCl2FN2O2S. The summed E-state index contributed by atoms with van der Waals surface area (Å²) in [5, 5.41) is -0.0405. The second kappa shape index (κ2) is 6.00. The van der Waals surface area contributed by atoms with Gasteiger partial charge in [0, 0.05) is 0 Å². The van der Waals surface area contributed by atoms with Crippen molar-refractivity contribution in [2.24, 2.45) is 0 Å². The van der Waals surface area contributed by atoms with Crippen molar-refractivity contribution in [2.45, 2.75) is 4.90 Å². The molecule has 0 bridgehead atoms. The smallest absolute Gasteiger partial charge is 0.263 e. The van der Waals surface area contributed by atoms with E-state index in [4.69, 9.17) is 28.9 Å². The highest BCUT2D eigenvalue weighted by atomic mass is 79.9. The Morgan fingerprint density at radius 1 is 1.19 bits per heavy atom. The normalized spacial score (nSPS) is 11.4. The molecule has 0 unspecified atom stereocenters. The van der Waals surface area contributed by atoms with Gasteiger partial charge in [-0.3, -0.25) is 4.72 Å². The van der Waals surface area contributed by atoms with Gasteiger partial charge in [-0.25, -0.2) is 12.8 Å². The van der Waals surface area contributed by atoms with Gasteiger partial charge in [0.1, 0.15) is 10.7 Å². The van der Waals surface area contributed by atoms with E-state index in [0.29, 0.717) is 0 Å². The maximum absolute atomic E-state index is 13.4. The fourth-order valence-electron chi connectivity index (χ4n) is 1.53. The van der Waals surface area contributed by atoms with E-state index in [1.807, 2.05) is 0 Å². The number of benzene rings is 2. The molecule has 2 aromatic rings. The van der Waals surface area contributed by atoms with E-state index in [2.05, 4.69) is 20.7 Å². The summed E-state index contributed by atoms with van der Waals surface area (Å²) in [4.78, 5) is -0.241. The summed E-state index contributed by atoms with van der Waals surface area (Å²) in [6.07, 6.45) is 0. The Balaban J connectivity index is 2.43. The third kappa shape index (κ3) is 3.42. The number of halogens is 4. The van der Waals surface area contributed by atoms with Crippen LogP contribution in [0.15, 0.2) is 39.7 Å². The summed E-state index contributed by atoms with van der Waals surface area (Å²) in [7, 11) is -4.02. The van der Waals surface area contributed by atoms with Crippen LogP contribution in [0.1, 0.15) is 0 Å². The van der Waals surface area contributed by atoms with Crippen molar-refractivity contribution in [3.8, 4) is 0 Å². The lowest BCUT2D eigenvalue weighted by atomic mass is 10.3. The molecular weight excluding hydrogens is 406 g/mol. The van der Waals surface area contributed by atoms with Crippen LogP contribution in [0.3, 0.4) is 0 Å². The molecule has 4 nitrogen and oxygen atoms in total. The van der Waals surface area contributed by atoms with Crippen LogP contribution in [0, 0.1) is 5.82 Å². The van der Waals surface area contributed by atoms with Gasteiger partial charge in [-0.2, -0.15) is 0 Å². The van der Waals surface area contributed by atoms with E-state index in [9.17, 15) is 12.8 Å². The molecule has 0 saturated carbocycles. The average molecular weight is 414 g/mol. The lowest BCUT2D eigenvalue weighted by Gasteiger charge is -2.11. The first-order chi connectivity index (χ1) is 9.72. The molecule has 9 heteroatoms. The summed E-state index contributed by atoms with van der Waals surface area (Å²) in [5.41, 5.74) is 5.61. The average Bonchev–Trinajstić information content (AvgIpc) is 2.39. The quantitative estimate of drug-likeness (QED) is 0.737. The Morgan fingerprint density at radius 2 is 1.86 bits per heavy atom. The third-order valence-electron chi connectivity index (χ3n) is 2.55. The highest BCUT2D eigenvalue weighted by Gasteiger charge is 2.21. The van der Waals surface area contributed by atoms with Crippen molar-refractivity contribution in [3.05, 3.63) is 50.7 Å². The summed E-state index contributed by atoms with van der Waals surface area (Å²) < 4.78 is 40.4. The van der Waals surface area contributed by atoms with Crippen LogP contribution < -0.4 is 10.5 Å². The van der Waals surface area contributed by atoms with E-state index < -0.39 is 15.8 Å². The Kier molecular flexibility index (Phi) is 4.67. The molecule has 0 saturated heterocycles. The summed E-state index contributed by atoms with van der Waals surface area (Å²) in [5.74, 6) is -0.600. The predicted molar refractivity (Wildman–Crippen MR) is 85.8 cm³/mol.